The molecule has 4 nitrogen and oxygen atoms in total. The van der Waals surface area contributed by atoms with Crippen LogP contribution in [0.2, 0.25) is 0 Å². The van der Waals surface area contributed by atoms with Gasteiger partial charge in [-0.15, -0.1) is 11.3 Å². The highest BCUT2D eigenvalue weighted by atomic mass is 35.6. The number of amides is 1. The summed E-state index contributed by atoms with van der Waals surface area (Å²) in [6.07, 6.45) is 1.38. The maximum atomic E-state index is 12.3. The van der Waals surface area contributed by atoms with Crippen LogP contribution in [0.5, 0.6) is 5.75 Å². The lowest BCUT2D eigenvalue weighted by molar-refractivity contribution is 0.156. The summed E-state index contributed by atoms with van der Waals surface area (Å²) in [6, 6.07) is 14.0. The molecule has 0 fully saturated rings. The van der Waals surface area contributed by atoms with Crippen molar-refractivity contribution in [1.82, 2.24) is 0 Å². The van der Waals surface area contributed by atoms with E-state index in [2.05, 4.69) is 24.4 Å². The topological polar surface area (TPSA) is 38.8 Å². The lowest BCUT2D eigenvalue weighted by Gasteiger charge is -2.20. The Bertz CT molecular complexity index is 1000. The third kappa shape index (κ3) is 5.52. The fourth-order valence-electron chi connectivity index (χ4n) is 3.33. The molecule has 0 saturated heterocycles. The van der Waals surface area contributed by atoms with Crippen molar-refractivity contribution in [1.29, 1.82) is 0 Å². The number of carbonyl (C=O) groups excluding carboxylic acids is 1. The zero-order chi connectivity index (χ0) is 21.7. The second kappa shape index (κ2) is 10.1. The van der Waals surface area contributed by atoms with E-state index < -0.39 is 9.89 Å². The number of carbonyl (C=O) groups is 1. The SMILES string of the molecule is CCc1cccs1.COc1cc2c(c3ccccc13)CCN2C(=O)OCC(Cl)(Cl)Cl. The number of thiophene rings is 1. The van der Waals surface area contributed by atoms with Crippen LogP contribution in [0.1, 0.15) is 17.4 Å². The van der Waals surface area contributed by atoms with E-state index in [0.717, 1.165) is 28.4 Å². The largest absolute Gasteiger partial charge is 0.496 e. The Morgan fingerprint density at radius 2 is 1.90 bits per heavy atom. The first kappa shape index (κ1) is 23.0. The van der Waals surface area contributed by atoms with Crippen LogP contribution < -0.4 is 9.64 Å². The van der Waals surface area contributed by atoms with Gasteiger partial charge in [0.25, 0.3) is 0 Å². The molecule has 4 rings (SSSR count). The van der Waals surface area contributed by atoms with Crippen LogP contribution in [-0.2, 0) is 17.6 Å². The first-order valence-corrected chi connectivity index (χ1v) is 11.5. The highest BCUT2D eigenvalue weighted by molar-refractivity contribution is 7.09. The molecule has 160 valence electrons. The number of rotatable bonds is 3. The molecule has 2 heterocycles. The molecule has 30 heavy (non-hydrogen) atoms. The molecular formula is C22H22Cl3NO3S. The average Bonchev–Trinajstić information content (AvgIpc) is 3.41. The third-order valence-corrected chi connectivity index (χ3v) is 6.05. The standard InChI is InChI=1S/C16H14Cl3NO3.C6H8S/c1-22-14-8-13-11(10-4-2-3-5-12(10)14)6-7-20(13)15(21)23-9-16(17,18)19;1-2-6-4-3-5-7-6/h2-5,8H,6-7,9H2,1H3;3-5H,2H2,1H3. The summed E-state index contributed by atoms with van der Waals surface area (Å²) in [5.74, 6) is 0.709. The van der Waals surface area contributed by atoms with Crippen LogP contribution >= 0.6 is 46.1 Å². The van der Waals surface area contributed by atoms with Crippen molar-refractivity contribution in [2.45, 2.75) is 23.6 Å². The van der Waals surface area contributed by atoms with Crippen molar-refractivity contribution in [2.75, 3.05) is 25.2 Å². The predicted molar refractivity (Wildman–Crippen MR) is 127 cm³/mol. The number of nitrogens with zero attached hydrogens (tertiary/aromatic N) is 1. The zero-order valence-corrected chi connectivity index (χ0v) is 19.7. The lowest BCUT2D eigenvalue weighted by Crippen LogP contribution is -2.32. The van der Waals surface area contributed by atoms with E-state index in [0.29, 0.717) is 12.3 Å². The molecule has 1 aliphatic heterocycles. The molecule has 0 saturated carbocycles. The number of ether oxygens (including phenoxy) is 2. The normalized spacial score (nSPS) is 12.9. The van der Waals surface area contributed by atoms with Gasteiger partial charge >= 0.3 is 6.09 Å². The maximum absolute atomic E-state index is 12.3. The van der Waals surface area contributed by atoms with Gasteiger partial charge in [-0.2, -0.15) is 0 Å². The van der Waals surface area contributed by atoms with Gasteiger partial charge in [-0.05, 0) is 35.2 Å². The lowest BCUT2D eigenvalue weighted by atomic mass is 10.0. The Kier molecular flexibility index (Phi) is 7.75. The molecule has 0 unspecified atom stereocenters. The van der Waals surface area contributed by atoms with Crippen molar-refractivity contribution in [2.24, 2.45) is 0 Å². The molecule has 1 amide bonds. The number of benzene rings is 2. The molecule has 8 heteroatoms. The molecule has 1 aromatic heterocycles. The predicted octanol–water partition coefficient (Wildman–Crippen LogP) is 7.03. The molecule has 0 N–H and O–H groups in total. The first-order chi connectivity index (χ1) is 14.3. The first-order valence-electron chi connectivity index (χ1n) is 9.46. The smallest absolute Gasteiger partial charge is 0.414 e. The number of aryl methyl sites for hydroxylation is 1. The molecule has 0 radical (unpaired) electrons. The van der Waals surface area contributed by atoms with Gasteiger partial charge in [-0.1, -0.05) is 72.1 Å². The maximum Gasteiger partial charge on any atom is 0.414 e. The number of hydrogen-bond acceptors (Lipinski definition) is 4. The minimum atomic E-state index is -1.63. The molecule has 0 atom stereocenters. The molecule has 3 aromatic rings. The number of alkyl halides is 3. The fourth-order valence-corrected chi connectivity index (χ4v) is 4.15. The quantitative estimate of drug-likeness (QED) is 0.373. The summed E-state index contributed by atoms with van der Waals surface area (Å²) >= 11 is 18.7. The Morgan fingerprint density at radius 1 is 1.17 bits per heavy atom. The van der Waals surface area contributed by atoms with Gasteiger partial charge in [0, 0.05) is 22.9 Å². The Labute approximate surface area is 195 Å². The van der Waals surface area contributed by atoms with Crippen LogP contribution in [0.3, 0.4) is 0 Å². The van der Waals surface area contributed by atoms with Crippen LogP contribution in [-0.4, -0.2) is 30.1 Å². The van der Waals surface area contributed by atoms with Crippen molar-refractivity contribution in [3.63, 3.8) is 0 Å². The summed E-state index contributed by atoms with van der Waals surface area (Å²) in [5, 5.41) is 4.20. The summed E-state index contributed by atoms with van der Waals surface area (Å²) in [6.45, 7) is 2.39. The molecule has 0 spiro atoms. The number of halogens is 3. The van der Waals surface area contributed by atoms with E-state index in [-0.39, 0.29) is 6.61 Å². The van der Waals surface area contributed by atoms with Crippen LogP contribution in [0.15, 0.2) is 47.8 Å². The minimum absolute atomic E-state index is 0.299. The van der Waals surface area contributed by atoms with E-state index in [1.165, 1.54) is 11.3 Å². The van der Waals surface area contributed by atoms with E-state index in [1.54, 1.807) is 12.0 Å². The van der Waals surface area contributed by atoms with E-state index in [4.69, 9.17) is 44.3 Å². The van der Waals surface area contributed by atoms with Gasteiger partial charge in [0.1, 0.15) is 12.4 Å². The molecule has 2 aromatic carbocycles. The summed E-state index contributed by atoms with van der Waals surface area (Å²) in [7, 11) is 1.61. The zero-order valence-electron chi connectivity index (χ0n) is 16.7. The fraction of sp³-hybridized carbons (Fsp3) is 0.318. The van der Waals surface area contributed by atoms with Gasteiger partial charge in [-0.25, -0.2) is 4.79 Å². The van der Waals surface area contributed by atoms with Crippen molar-refractivity contribution < 1.29 is 14.3 Å². The third-order valence-electron chi connectivity index (χ3n) is 4.70. The van der Waals surface area contributed by atoms with E-state index in [9.17, 15) is 4.79 Å². The van der Waals surface area contributed by atoms with Gasteiger partial charge in [0.05, 0.1) is 12.8 Å². The Balaban J connectivity index is 0.000000310. The number of hydrogen-bond donors (Lipinski definition) is 0. The van der Waals surface area contributed by atoms with Crippen molar-refractivity contribution in [3.05, 3.63) is 58.3 Å². The van der Waals surface area contributed by atoms with Gasteiger partial charge < -0.3 is 9.47 Å². The second-order valence-electron chi connectivity index (χ2n) is 6.63. The molecular weight excluding hydrogens is 465 g/mol. The highest BCUT2D eigenvalue weighted by Crippen LogP contribution is 2.40. The van der Waals surface area contributed by atoms with Gasteiger partial charge in [-0.3, -0.25) is 4.90 Å². The number of anilines is 1. The average molecular weight is 487 g/mol. The van der Waals surface area contributed by atoms with Crippen LogP contribution in [0.25, 0.3) is 10.8 Å². The van der Waals surface area contributed by atoms with Gasteiger partial charge in [0.15, 0.2) is 0 Å². The summed E-state index contributed by atoms with van der Waals surface area (Å²) in [4.78, 5) is 15.3. The highest BCUT2D eigenvalue weighted by Gasteiger charge is 2.30. The molecule has 0 aliphatic carbocycles. The monoisotopic (exact) mass is 485 g/mol. The van der Waals surface area contributed by atoms with Gasteiger partial charge in [0.2, 0.25) is 3.79 Å². The van der Waals surface area contributed by atoms with Crippen molar-refractivity contribution in [3.8, 4) is 5.75 Å². The summed E-state index contributed by atoms with van der Waals surface area (Å²) in [5.41, 5.74) is 1.86. The molecule has 1 aliphatic rings. The number of methoxy groups -OCH3 is 1. The van der Waals surface area contributed by atoms with Crippen LogP contribution in [0.4, 0.5) is 10.5 Å². The Morgan fingerprint density at radius 3 is 2.47 bits per heavy atom. The number of fused-ring (bicyclic) bond motifs is 3. The van der Waals surface area contributed by atoms with E-state index >= 15 is 0 Å². The van der Waals surface area contributed by atoms with Crippen molar-refractivity contribution >= 4 is 68.7 Å². The Hall–Kier alpha value is -1.66. The molecule has 0 bridgehead atoms. The second-order valence-corrected chi connectivity index (χ2v) is 10.2. The van der Waals surface area contributed by atoms with E-state index in [1.807, 2.05) is 41.7 Å². The summed E-state index contributed by atoms with van der Waals surface area (Å²) < 4.78 is 8.91. The van der Waals surface area contributed by atoms with Crippen LogP contribution in [0, 0.1) is 0 Å². The minimum Gasteiger partial charge on any atom is -0.496 e.